The second-order valence-corrected chi connectivity index (χ2v) is 10.3. The van der Waals surface area contributed by atoms with Crippen molar-refractivity contribution in [1.82, 2.24) is 14.9 Å². The molecule has 0 fully saturated rings. The largest absolute Gasteiger partial charge is 0.458 e. The summed E-state index contributed by atoms with van der Waals surface area (Å²) in [6.07, 6.45) is 1.27. The van der Waals surface area contributed by atoms with Crippen LogP contribution < -0.4 is 16.6 Å². The molecule has 198 valence electrons. The molecule has 4 N–H and O–H groups in total. The Bertz CT molecular complexity index is 1610. The van der Waals surface area contributed by atoms with E-state index in [4.69, 9.17) is 20.2 Å². The summed E-state index contributed by atoms with van der Waals surface area (Å²) < 4.78 is 13.0. The van der Waals surface area contributed by atoms with Crippen molar-refractivity contribution in [1.29, 1.82) is 0 Å². The number of hydrogen-bond donors (Lipinski definition) is 3. The maximum absolute atomic E-state index is 13.7. The predicted molar refractivity (Wildman–Crippen MR) is 138 cm³/mol. The zero-order chi connectivity index (χ0) is 26.9. The number of pyridine rings is 2. The lowest BCUT2D eigenvalue weighted by molar-refractivity contribution is -0.172. The van der Waals surface area contributed by atoms with Gasteiger partial charge in [-0.25, -0.2) is 9.78 Å². The minimum absolute atomic E-state index is 0.0175. The van der Waals surface area contributed by atoms with Gasteiger partial charge in [0.2, 0.25) is 5.91 Å². The van der Waals surface area contributed by atoms with Crippen LogP contribution in [0.15, 0.2) is 16.9 Å². The summed E-state index contributed by atoms with van der Waals surface area (Å²) in [4.78, 5) is 42.9. The summed E-state index contributed by atoms with van der Waals surface area (Å²) in [5, 5.41) is 14.9. The Morgan fingerprint density at radius 3 is 2.82 bits per heavy atom. The molecule has 1 aromatic carbocycles. The first-order valence-electron chi connectivity index (χ1n) is 12.9. The van der Waals surface area contributed by atoms with Crippen LogP contribution in [0.4, 0.5) is 0 Å². The summed E-state index contributed by atoms with van der Waals surface area (Å²) in [5.41, 5.74) is 11.2. The third-order valence-corrected chi connectivity index (χ3v) is 8.39. The maximum atomic E-state index is 13.7. The molecule has 3 aromatic rings. The molecule has 3 aliphatic rings. The molecular formula is C28H30N4O6. The molecule has 10 nitrogen and oxygen atoms in total. The topological polar surface area (TPSA) is 146 Å². The number of nitrogens with two attached hydrogens (primary N) is 1. The molecule has 1 amide bonds. The molecule has 0 saturated heterocycles. The number of amides is 1. The Balaban J connectivity index is 1.57. The van der Waals surface area contributed by atoms with Crippen molar-refractivity contribution < 1.29 is 24.2 Å². The minimum Gasteiger partial charge on any atom is -0.458 e. The third kappa shape index (κ3) is 3.37. The molecule has 0 radical (unpaired) electrons. The fourth-order valence-corrected chi connectivity index (χ4v) is 6.15. The second-order valence-electron chi connectivity index (χ2n) is 10.3. The smallest absolute Gasteiger partial charge is 0.343 e. The standard InChI is InChI=1S/C28H30N4O6/c1-4-28(36)18-8-20-25-16(10-32(20)26(34)17(18)11-37-27(28)35)24-21(38-12-30-22(33)9-29)6-5-15-14(3)13(2)7-19(31-25)23(15)24/h7-8,21,36H,4-6,9-12,29H2,1-3H3,(H,30,33)/t21-,28+/m1/s1. The van der Waals surface area contributed by atoms with Crippen LogP contribution in [0.1, 0.15) is 64.8 Å². The van der Waals surface area contributed by atoms with Gasteiger partial charge in [0.15, 0.2) is 5.60 Å². The van der Waals surface area contributed by atoms with Crippen molar-refractivity contribution >= 4 is 22.8 Å². The number of aromatic nitrogens is 2. The van der Waals surface area contributed by atoms with Gasteiger partial charge in [-0.05, 0) is 67.5 Å². The number of fused-ring (bicyclic) bond motifs is 5. The summed E-state index contributed by atoms with van der Waals surface area (Å²) in [5.74, 6) is -1.05. The number of aryl methyl sites for hydroxylation is 2. The van der Waals surface area contributed by atoms with E-state index in [1.165, 1.54) is 11.1 Å². The lowest BCUT2D eigenvalue weighted by Gasteiger charge is -2.31. The van der Waals surface area contributed by atoms with Gasteiger partial charge in [-0.3, -0.25) is 9.59 Å². The number of hydrogen-bond acceptors (Lipinski definition) is 8. The van der Waals surface area contributed by atoms with Gasteiger partial charge in [0.25, 0.3) is 5.56 Å². The summed E-state index contributed by atoms with van der Waals surface area (Å²) in [7, 11) is 0. The molecular weight excluding hydrogens is 488 g/mol. The number of benzene rings is 1. The van der Waals surface area contributed by atoms with E-state index < -0.39 is 11.6 Å². The Morgan fingerprint density at radius 2 is 2.08 bits per heavy atom. The molecule has 0 bridgehead atoms. The van der Waals surface area contributed by atoms with Gasteiger partial charge in [0, 0.05) is 16.5 Å². The van der Waals surface area contributed by atoms with Gasteiger partial charge in [-0.15, -0.1) is 0 Å². The van der Waals surface area contributed by atoms with Gasteiger partial charge in [0.1, 0.15) is 13.3 Å². The van der Waals surface area contributed by atoms with Gasteiger partial charge in [0.05, 0.1) is 41.7 Å². The number of carbonyl (C=O) groups is 2. The third-order valence-electron chi connectivity index (χ3n) is 8.39. The van der Waals surface area contributed by atoms with Crippen molar-refractivity contribution in [2.45, 2.75) is 64.9 Å². The second kappa shape index (κ2) is 8.72. The quantitative estimate of drug-likeness (QED) is 0.268. The van der Waals surface area contributed by atoms with Crippen LogP contribution in [0.5, 0.6) is 0 Å². The number of ether oxygens (including phenoxy) is 2. The highest BCUT2D eigenvalue weighted by atomic mass is 16.6. The van der Waals surface area contributed by atoms with E-state index in [1.807, 2.05) is 0 Å². The average molecular weight is 519 g/mol. The van der Waals surface area contributed by atoms with Crippen LogP contribution in [0.3, 0.4) is 0 Å². The van der Waals surface area contributed by atoms with Crippen molar-refractivity contribution in [3.63, 3.8) is 0 Å². The average Bonchev–Trinajstić information content (AvgIpc) is 3.28. The monoisotopic (exact) mass is 518 g/mol. The van der Waals surface area contributed by atoms with Gasteiger partial charge >= 0.3 is 5.97 Å². The number of nitrogens with one attached hydrogen (secondary N) is 1. The van der Waals surface area contributed by atoms with Crippen LogP contribution in [-0.2, 0) is 44.2 Å². The minimum atomic E-state index is -1.89. The van der Waals surface area contributed by atoms with E-state index in [9.17, 15) is 19.5 Å². The molecule has 0 saturated carbocycles. The Labute approximate surface area is 218 Å². The Morgan fingerprint density at radius 1 is 1.29 bits per heavy atom. The number of cyclic esters (lactones) is 1. The molecule has 2 aromatic heterocycles. The highest BCUT2D eigenvalue weighted by Crippen LogP contribution is 2.46. The van der Waals surface area contributed by atoms with Crippen LogP contribution in [0.25, 0.3) is 22.3 Å². The van der Waals surface area contributed by atoms with E-state index >= 15 is 0 Å². The van der Waals surface area contributed by atoms with E-state index in [-0.39, 0.29) is 61.5 Å². The zero-order valence-electron chi connectivity index (χ0n) is 21.6. The molecule has 0 spiro atoms. The van der Waals surface area contributed by atoms with Crippen LogP contribution >= 0.6 is 0 Å². The van der Waals surface area contributed by atoms with Crippen LogP contribution in [0, 0.1) is 13.8 Å². The van der Waals surface area contributed by atoms with Crippen LogP contribution in [0.2, 0.25) is 0 Å². The molecule has 10 heteroatoms. The lowest BCUT2D eigenvalue weighted by atomic mass is 9.82. The van der Waals surface area contributed by atoms with Crippen molar-refractivity contribution in [2.75, 3.05) is 13.3 Å². The summed E-state index contributed by atoms with van der Waals surface area (Å²) in [6, 6.07) is 3.77. The van der Waals surface area contributed by atoms with Crippen molar-refractivity contribution in [2.24, 2.45) is 5.73 Å². The highest BCUT2D eigenvalue weighted by Gasteiger charge is 2.46. The highest BCUT2D eigenvalue weighted by molar-refractivity contribution is 5.93. The first-order valence-corrected chi connectivity index (χ1v) is 12.9. The fourth-order valence-electron chi connectivity index (χ4n) is 6.15. The number of esters is 1. The van der Waals surface area contributed by atoms with E-state index in [1.54, 1.807) is 17.6 Å². The number of carbonyl (C=O) groups excluding carboxylic acids is 2. The molecule has 0 unspecified atom stereocenters. The summed E-state index contributed by atoms with van der Waals surface area (Å²) in [6.45, 7) is 5.86. The van der Waals surface area contributed by atoms with Gasteiger partial charge in [-0.1, -0.05) is 6.92 Å². The van der Waals surface area contributed by atoms with Crippen molar-refractivity contribution in [3.8, 4) is 11.4 Å². The van der Waals surface area contributed by atoms with Gasteiger partial charge < -0.3 is 30.2 Å². The molecule has 6 rings (SSSR count). The summed E-state index contributed by atoms with van der Waals surface area (Å²) >= 11 is 0. The Hall–Kier alpha value is -3.60. The number of rotatable bonds is 5. The lowest BCUT2D eigenvalue weighted by Crippen LogP contribution is -2.44. The van der Waals surface area contributed by atoms with Gasteiger partial charge in [-0.2, -0.15) is 0 Å². The Kier molecular flexibility index (Phi) is 5.67. The first-order chi connectivity index (χ1) is 18.2. The van der Waals surface area contributed by atoms with E-state index in [0.29, 0.717) is 17.8 Å². The normalized spacial score (nSPS) is 21.1. The molecule has 38 heavy (non-hydrogen) atoms. The molecule has 2 aliphatic heterocycles. The van der Waals surface area contributed by atoms with E-state index in [2.05, 4.69) is 25.2 Å². The van der Waals surface area contributed by atoms with E-state index in [0.717, 1.165) is 34.0 Å². The van der Waals surface area contributed by atoms with Crippen LogP contribution in [-0.4, -0.2) is 39.8 Å². The fraction of sp³-hybridized carbons (Fsp3) is 0.429. The first kappa shape index (κ1) is 24.7. The molecule has 1 aliphatic carbocycles. The predicted octanol–water partition coefficient (Wildman–Crippen LogP) is 1.73. The maximum Gasteiger partial charge on any atom is 0.343 e. The molecule has 4 heterocycles. The SMILES string of the molecule is CC[C@@]1(O)C(=O)OCc2c1cc1n(c2=O)Cc2c-1nc1cc(C)c(C)c3c1c2[C@H](OCNC(=O)CN)CC3. The number of nitrogens with zero attached hydrogens (tertiary/aromatic N) is 2. The zero-order valence-corrected chi connectivity index (χ0v) is 21.6. The van der Waals surface area contributed by atoms with Crippen molar-refractivity contribution in [3.05, 3.63) is 61.4 Å². The number of aliphatic hydroxyl groups is 1. The molecule has 2 atom stereocenters.